The number of nitrogens with one attached hydrogen (secondary N) is 2. The maximum absolute atomic E-state index is 3.97. The van der Waals surface area contributed by atoms with E-state index >= 15 is 0 Å². The molecule has 0 aliphatic heterocycles. The van der Waals surface area contributed by atoms with Crippen molar-refractivity contribution in [1.29, 1.82) is 0 Å². The van der Waals surface area contributed by atoms with Crippen molar-refractivity contribution in [2.45, 2.75) is 39.2 Å². The summed E-state index contributed by atoms with van der Waals surface area (Å²) in [7, 11) is 0. The molecule has 1 heterocycles. The molecule has 0 saturated carbocycles. The first kappa shape index (κ1) is 10.3. The minimum Gasteiger partial charge on any atom is -0.348 e. The molecule has 13 heavy (non-hydrogen) atoms. The van der Waals surface area contributed by atoms with Gasteiger partial charge in [-0.15, -0.1) is 0 Å². The molecular weight excluding hydrogens is 162 g/mol. The number of imidazole rings is 1. The molecule has 1 rings (SSSR count). The third-order valence-electron chi connectivity index (χ3n) is 1.83. The van der Waals surface area contributed by atoms with Crippen LogP contribution in [0.4, 0.5) is 0 Å². The predicted molar refractivity (Wildman–Crippen MR) is 54.7 cm³/mol. The average Bonchev–Trinajstić information content (AvgIpc) is 2.48. The highest BCUT2D eigenvalue weighted by Crippen LogP contribution is 2.00. The lowest BCUT2D eigenvalue weighted by molar-refractivity contribution is 0.422. The van der Waals surface area contributed by atoms with Gasteiger partial charge in [0.15, 0.2) is 0 Å². The van der Waals surface area contributed by atoms with Crippen molar-refractivity contribution in [1.82, 2.24) is 15.3 Å². The number of aromatic nitrogens is 2. The van der Waals surface area contributed by atoms with Crippen LogP contribution >= 0.6 is 0 Å². The van der Waals surface area contributed by atoms with Crippen LogP contribution in [0, 0.1) is 0 Å². The van der Waals surface area contributed by atoms with E-state index < -0.39 is 0 Å². The van der Waals surface area contributed by atoms with Gasteiger partial charge in [-0.25, -0.2) is 4.98 Å². The van der Waals surface area contributed by atoms with Gasteiger partial charge in [0.2, 0.25) is 0 Å². The molecule has 0 unspecified atom stereocenters. The smallest absolute Gasteiger partial charge is 0.0921 e. The van der Waals surface area contributed by atoms with Crippen molar-refractivity contribution in [3.05, 3.63) is 18.2 Å². The zero-order chi connectivity index (χ0) is 9.73. The summed E-state index contributed by atoms with van der Waals surface area (Å²) in [6.45, 7) is 7.61. The lowest BCUT2D eigenvalue weighted by Crippen LogP contribution is -2.36. The summed E-state index contributed by atoms with van der Waals surface area (Å²) in [5.74, 6) is 0. The SMILES string of the molecule is CC(C)(C)NCCCc1cnc[nH]1. The Hall–Kier alpha value is -0.830. The second-order valence-electron chi connectivity index (χ2n) is 4.36. The van der Waals surface area contributed by atoms with E-state index in [1.54, 1.807) is 6.33 Å². The van der Waals surface area contributed by atoms with Crippen LogP contribution in [0.5, 0.6) is 0 Å². The van der Waals surface area contributed by atoms with E-state index in [1.165, 1.54) is 5.69 Å². The zero-order valence-electron chi connectivity index (χ0n) is 8.72. The first-order valence-corrected chi connectivity index (χ1v) is 4.80. The molecule has 0 spiro atoms. The summed E-state index contributed by atoms with van der Waals surface area (Å²) in [5.41, 5.74) is 1.45. The van der Waals surface area contributed by atoms with Crippen LogP contribution in [0.3, 0.4) is 0 Å². The van der Waals surface area contributed by atoms with E-state index in [0.717, 1.165) is 19.4 Å². The van der Waals surface area contributed by atoms with E-state index in [9.17, 15) is 0 Å². The number of H-pyrrole nitrogens is 1. The number of hydrogen-bond donors (Lipinski definition) is 2. The Morgan fingerprint density at radius 3 is 2.77 bits per heavy atom. The Labute approximate surface area is 80.0 Å². The Morgan fingerprint density at radius 1 is 1.46 bits per heavy atom. The van der Waals surface area contributed by atoms with E-state index in [0.29, 0.717) is 0 Å². The van der Waals surface area contributed by atoms with E-state index in [2.05, 4.69) is 36.1 Å². The highest BCUT2D eigenvalue weighted by atomic mass is 14.9. The van der Waals surface area contributed by atoms with Crippen molar-refractivity contribution in [3.63, 3.8) is 0 Å². The summed E-state index contributed by atoms with van der Waals surface area (Å²) in [5, 5.41) is 3.45. The number of aromatic amines is 1. The van der Waals surface area contributed by atoms with Crippen molar-refractivity contribution < 1.29 is 0 Å². The molecule has 0 atom stereocenters. The van der Waals surface area contributed by atoms with Crippen molar-refractivity contribution in [3.8, 4) is 0 Å². The molecule has 3 nitrogen and oxygen atoms in total. The Kier molecular flexibility index (Phi) is 3.48. The van der Waals surface area contributed by atoms with Crippen LogP contribution in [-0.4, -0.2) is 22.1 Å². The topological polar surface area (TPSA) is 40.7 Å². The zero-order valence-corrected chi connectivity index (χ0v) is 8.72. The van der Waals surface area contributed by atoms with Gasteiger partial charge in [0, 0.05) is 17.4 Å². The molecule has 1 aromatic rings. The van der Waals surface area contributed by atoms with Gasteiger partial charge in [-0.05, 0) is 40.2 Å². The Balaban J connectivity index is 2.09. The first-order chi connectivity index (χ1) is 6.08. The van der Waals surface area contributed by atoms with Gasteiger partial charge in [-0.2, -0.15) is 0 Å². The lowest BCUT2D eigenvalue weighted by atomic mass is 10.1. The van der Waals surface area contributed by atoms with Crippen LogP contribution in [0.25, 0.3) is 0 Å². The van der Waals surface area contributed by atoms with Gasteiger partial charge < -0.3 is 10.3 Å². The van der Waals surface area contributed by atoms with E-state index in [-0.39, 0.29) is 5.54 Å². The summed E-state index contributed by atoms with van der Waals surface area (Å²) in [6, 6.07) is 0. The van der Waals surface area contributed by atoms with Crippen molar-refractivity contribution in [2.24, 2.45) is 0 Å². The number of rotatable bonds is 4. The summed E-state index contributed by atoms with van der Waals surface area (Å²) < 4.78 is 0. The fraction of sp³-hybridized carbons (Fsp3) is 0.700. The first-order valence-electron chi connectivity index (χ1n) is 4.80. The predicted octanol–water partition coefficient (Wildman–Crippen LogP) is 1.73. The minimum absolute atomic E-state index is 0.230. The summed E-state index contributed by atoms with van der Waals surface area (Å²) >= 11 is 0. The van der Waals surface area contributed by atoms with E-state index in [1.807, 2.05) is 6.20 Å². The highest BCUT2D eigenvalue weighted by molar-refractivity contribution is 4.93. The molecular formula is C10H19N3. The molecule has 0 radical (unpaired) electrons. The second-order valence-corrected chi connectivity index (χ2v) is 4.36. The second kappa shape index (κ2) is 4.42. The third kappa shape index (κ3) is 4.68. The number of hydrogen-bond acceptors (Lipinski definition) is 2. The largest absolute Gasteiger partial charge is 0.348 e. The third-order valence-corrected chi connectivity index (χ3v) is 1.83. The Bertz CT molecular complexity index is 221. The molecule has 0 fully saturated rings. The molecule has 2 N–H and O–H groups in total. The standard InChI is InChI=1S/C10H19N3/c1-10(2,3)13-6-4-5-9-7-11-8-12-9/h7-8,13H,4-6H2,1-3H3,(H,11,12). The summed E-state index contributed by atoms with van der Waals surface area (Å²) in [6.07, 6.45) is 5.84. The number of nitrogens with zero attached hydrogens (tertiary/aromatic N) is 1. The maximum Gasteiger partial charge on any atom is 0.0921 e. The molecule has 0 bridgehead atoms. The van der Waals surface area contributed by atoms with Gasteiger partial charge in [-0.1, -0.05) is 0 Å². The fourth-order valence-electron chi connectivity index (χ4n) is 1.16. The van der Waals surface area contributed by atoms with Gasteiger partial charge in [-0.3, -0.25) is 0 Å². The van der Waals surface area contributed by atoms with Crippen LogP contribution in [0.1, 0.15) is 32.9 Å². The van der Waals surface area contributed by atoms with Crippen molar-refractivity contribution >= 4 is 0 Å². The average molecular weight is 181 g/mol. The van der Waals surface area contributed by atoms with E-state index in [4.69, 9.17) is 0 Å². The molecule has 1 aromatic heterocycles. The van der Waals surface area contributed by atoms with Gasteiger partial charge in [0.1, 0.15) is 0 Å². The van der Waals surface area contributed by atoms with Crippen LogP contribution in [0.2, 0.25) is 0 Å². The number of aryl methyl sites for hydroxylation is 1. The van der Waals surface area contributed by atoms with Gasteiger partial charge in [0.25, 0.3) is 0 Å². The maximum atomic E-state index is 3.97. The van der Waals surface area contributed by atoms with Crippen LogP contribution in [0.15, 0.2) is 12.5 Å². The molecule has 0 saturated heterocycles. The van der Waals surface area contributed by atoms with Crippen LogP contribution < -0.4 is 5.32 Å². The highest BCUT2D eigenvalue weighted by Gasteiger charge is 2.07. The lowest BCUT2D eigenvalue weighted by Gasteiger charge is -2.20. The minimum atomic E-state index is 0.230. The van der Waals surface area contributed by atoms with Gasteiger partial charge >= 0.3 is 0 Å². The molecule has 74 valence electrons. The molecule has 0 aliphatic carbocycles. The van der Waals surface area contributed by atoms with Gasteiger partial charge in [0.05, 0.1) is 6.33 Å². The quantitative estimate of drug-likeness (QED) is 0.694. The normalized spacial score (nSPS) is 11.9. The summed E-state index contributed by atoms with van der Waals surface area (Å²) in [4.78, 5) is 7.07. The monoisotopic (exact) mass is 181 g/mol. The van der Waals surface area contributed by atoms with Crippen molar-refractivity contribution in [2.75, 3.05) is 6.54 Å². The molecule has 0 aromatic carbocycles. The van der Waals surface area contributed by atoms with Crippen LogP contribution in [-0.2, 0) is 6.42 Å². The molecule has 3 heteroatoms. The molecule has 0 aliphatic rings. The Morgan fingerprint density at radius 2 is 2.23 bits per heavy atom. The fourth-order valence-corrected chi connectivity index (χ4v) is 1.16. The molecule has 0 amide bonds.